The fourth-order valence-corrected chi connectivity index (χ4v) is 3.56. The number of nitrogens with zero attached hydrogens (tertiary/aromatic N) is 4. The summed E-state index contributed by atoms with van der Waals surface area (Å²) in [5.74, 6) is 1.50. The minimum absolute atomic E-state index is 0.0205. The number of carbonyl (C=O) groups is 1. The molecule has 3 aromatic rings. The highest BCUT2D eigenvalue weighted by atomic mass is 35.5. The molecular formula is C23H23ClN4O2. The maximum Gasteiger partial charge on any atom is 0.260 e. The van der Waals surface area contributed by atoms with Gasteiger partial charge in [-0.3, -0.25) is 4.79 Å². The molecular weight excluding hydrogens is 400 g/mol. The molecule has 4 rings (SSSR count). The number of hydrogen-bond acceptors (Lipinski definition) is 5. The molecule has 2 aromatic carbocycles. The van der Waals surface area contributed by atoms with E-state index in [2.05, 4.69) is 40.0 Å². The summed E-state index contributed by atoms with van der Waals surface area (Å²) in [7, 11) is 0. The fourth-order valence-electron chi connectivity index (χ4n) is 3.43. The van der Waals surface area contributed by atoms with Gasteiger partial charge in [-0.05, 0) is 37.3 Å². The zero-order valence-corrected chi connectivity index (χ0v) is 17.5. The van der Waals surface area contributed by atoms with Gasteiger partial charge in [0.2, 0.25) is 0 Å². The topological polar surface area (TPSA) is 58.6 Å². The van der Waals surface area contributed by atoms with Gasteiger partial charge in [-0.25, -0.2) is 9.97 Å². The van der Waals surface area contributed by atoms with Crippen LogP contribution in [0.2, 0.25) is 5.02 Å². The summed E-state index contributed by atoms with van der Waals surface area (Å²) >= 11 is 5.87. The summed E-state index contributed by atoms with van der Waals surface area (Å²) in [6.45, 7) is 4.79. The third kappa shape index (κ3) is 4.89. The van der Waals surface area contributed by atoms with Gasteiger partial charge in [0, 0.05) is 42.8 Å². The number of rotatable bonds is 5. The molecule has 0 N–H and O–H groups in total. The molecule has 0 spiro atoms. The molecule has 0 aliphatic carbocycles. The van der Waals surface area contributed by atoms with E-state index in [-0.39, 0.29) is 12.5 Å². The summed E-state index contributed by atoms with van der Waals surface area (Å²) in [5.41, 5.74) is 3.17. The molecule has 0 radical (unpaired) electrons. The van der Waals surface area contributed by atoms with Crippen LogP contribution in [0.5, 0.6) is 5.75 Å². The van der Waals surface area contributed by atoms with Crippen LogP contribution in [0, 0.1) is 6.92 Å². The molecule has 1 saturated heterocycles. The first-order valence-electron chi connectivity index (χ1n) is 9.89. The number of carbonyl (C=O) groups excluding carboxylic acids is 1. The van der Waals surface area contributed by atoms with Gasteiger partial charge in [0.25, 0.3) is 5.91 Å². The van der Waals surface area contributed by atoms with Gasteiger partial charge in [-0.1, -0.05) is 35.4 Å². The van der Waals surface area contributed by atoms with E-state index in [0.29, 0.717) is 23.9 Å². The number of hydrogen-bond donors (Lipinski definition) is 0. The predicted octanol–water partition coefficient (Wildman–Crippen LogP) is 3.83. The minimum atomic E-state index is -0.0206. The SMILES string of the molecule is Cc1cccc(-c2cc(N3CCN(C(=O)COc4ccc(Cl)cc4)CC3)ncn2)c1. The van der Waals surface area contributed by atoms with Crippen LogP contribution in [-0.2, 0) is 4.79 Å². The Morgan fingerprint density at radius 1 is 1.03 bits per heavy atom. The molecule has 0 saturated carbocycles. The highest BCUT2D eigenvalue weighted by molar-refractivity contribution is 6.30. The number of amides is 1. The van der Waals surface area contributed by atoms with E-state index < -0.39 is 0 Å². The number of aryl methyl sites for hydroxylation is 1. The van der Waals surface area contributed by atoms with Gasteiger partial charge in [-0.15, -0.1) is 0 Å². The van der Waals surface area contributed by atoms with Crippen molar-refractivity contribution in [1.29, 1.82) is 0 Å². The fraction of sp³-hybridized carbons (Fsp3) is 0.261. The molecule has 30 heavy (non-hydrogen) atoms. The Labute approximate surface area is 181 Å². The van der Waals surface area contributed by atoms with Crippen molar-refractivity contribution >= 4 is 23.3 Å². The van der Waals surface area contributed by atoms with Crippen LogP contribution in [0.15, 0.2) is 60.9 Å². The average molecular weight is 423 g/mol. The number of benzene rings is 2. The van der Waals surface area contributed by atoms with Crippen molar-refractivity contribution in [3.8, 4) is 17.0 Å². The van der Waals surface area contributed by atoms with Gasteiger partial charge in [-0.2, -0.15) is 0 Å². The van der Waals surface area contributed by atoms with Crippen molar-refractivity contribution in [1.82, 2.24) is 14.9 Å². The molecule has 1 fully saturated rings. The average Bonchev–Trinajstić information content (AvgIpc) is 2.79. The molecule has 1 aliphatic rings. The molecule has 0 bridgehead atoms. The van der Waals surface area contributed by atoms with E-state index in [1.54, 1.807) is 30.6 Å². The first-order valence-corrected chi connectivity index (χ1v) is 10.3. The molecule has 154 valence electrons. The van der Waals surface area contributed by atoms with Crippen LogP contribution in [0.25, 0.3) is 11.3 Å². The summed E-state index contributed by atoms with van der Waals surface area (Å²) in [4.78, 5) is 25.4. The van der Waals surface area contributed by atoms with E-state index >= 15 is 0 Å². The lowest BCUT2D eigenvalue weighted by atomic mass is 10.1. The van der Waals surface area contributed by atoms with Crippen LogP contribution in [-0.4, -0.2) is 53.6 Å². The van der Waals surface area contributed by atoms with Gasteiger partial charge in [0.05, 0.1) is 5.69 Å². The van der Waals surface area contributed by atoms with Crippen molar-refractivity contribution in [2.24, 2.45) is 0 Å². The first-order chi connectivity index (χ1) is 14.6. The van der Waals surface area contributed by atoms with Crippen LogP contribution in [0.4, 0.5) is 5.82 Å². The van der Waals surface area contributed by atoms with E-state index in [0.717, 1.165) is 30.2 Å². The van der Waals surface area contributed by atoms with Gasteiger partial charge >= 0.3 is 0 Å². The molecule has 0 atom stereocenters. The maximum absolute atomic E-state index is 12.5. The normalized spacial score (nSPS) is 13.9. The van der Waals surface area contributed by atoms with E-state index in [9.17, 15) is 4.79 Å². The highest BCUT2D eigenvalue weighted by Gasteiger charge is 2.22. The monoisotopic (exact) mass is 422 g/mol. The van der Waals surface area contributed by atoms with Gasteiger partial charge in [0.15, 0.2) is 6.61 Å². The van der Waals surface area contributed by atoms with Crippen molar-refractivity contribution in [2.45, 2.75) is 6.92 Å². The smallest absolute Gasteiger partial charge is 0.260 e. The quantitative estimate of drug-likeness (QED) is 0.625. The van der Waals surface area contributed by atoms with Crippen molar-refractivity contribution < 1.29 is 9.53 Å². The van der Waals surface area contributed by atoms with Crippen molar-refractivity contribution in [2.75, 3.05) is 37.7 Å². The molecule has 6 nitrogen and oxygen atoms in total. The second kappa shape index (κ2) is 9.13. The molecule has 7 heteroatoms. The van der Waals surface area contributed by atoms with E-state index in [1.807, 2.05) is 17.0 Å². The Hall–Kier alpha value is -3.12. The Bertz CT molecular complexity index is 1020. The summed E-state index contributed by atoms with van der Waals surface area (Å²) in [6, 6.07) is 17.3. The lowest BCUT2D eigenvalue weighted by molar-refractivity contribution is -0.133. The Morgan fingerprint density at radius 2 is 1.80 bits per heavy atom. The second-order valence-electron chi connectivity index (χ2n) is 7.24. The van der Waals surface area contributed by atoms with Crippen LogP contribution in [0.1, 0.15) is 5.56 Å². The number of anilines is 1. The third-order valence-electron chi connectivity index (χ3n) is 5.10. The lowest BCUT2D eigenvalue weighted by Gasteiger charge is -2.35. The highest BCUT2D eigenvalue weighted by Crippen LogP contribution is 2.22. The summed E-state index contributed by atoms with van der Waals surface area (Å²) in [5, 5.41) is 0.639. The number of aromatic nitrogens is 2. The second-order valence-corrected chi connectivity index (χ2v) is 7.68. The van der Waals surface area contributed by atoms with Crippen molar-refractivity contribution in [3.05, 3.63) is 71.5 Å². The number of halogens is 1. The van der Waals surface area contributed by atoms with Crippen LogP contribution < -0.4 is 9.64 Å². The third-order valence-corrected chi connectivity index (χ3v) is 5.35. The zero-order valence-electron chi connectivity index (χ0n) is 16.8. The van der Waals surface area contributed by atoms with Crippen molar-refractivity contribution in [3.63, 3.8) is 0 Å². The lowest BCUT2D eigenvalue weighted by Crippen LogP contribution is -2.50. The van der Waals surface area contributed by atoms with Gasteiger partial charge in [0.1, 0.15) is 17.9 Å². The Balaban J connectivity index is 1.33. The standard InChI is InChI=1S/C23H23ClN4O2/c1-17-3-2-4-18(13-17)21-14-22(26-16-25-21)27-9-11-28(12-10-27)23(29)15-30-20-7-5-19(24)6-8-20/h2-8,13-14,16H,9-12,15H2,1H3. The zero-order chi connectivity index (χ0) is 20.9. The number of ether oxygens (including phenoxy) is 1. The van der Waals surface area contributed by atoms with Gasteiger partial charge < -0.3 is 14.5 Å². The van der Waals surface area contributed by atoms with E-state index in [1.165, 1.54) is 5.56 Å². The van der Waals surface area contributed by atoms with Crippen LogP contribution in [0.3, 0.4) is 0 Å². The molecule has 1 aromatic heterocycles. The molecule has 1 aliphatic heterocycles. The summed E-state index contributed by atoms with van der Waals surface area (Å²) in [6.07, 6.45) is 1.60. The first kappa shape index (κ1) is 20.2. The minimum Gasteiger partial charge on any atom is -0.484 e. The molecule has 1 amide bonds. The maximum atomic E-state index is 12.5. The largest absolute Gasteiger partial charge is 0.484 e. The Morgan fingerprint density at radius 3 is 2.53 bits per heavy atom. The van der Waals surface area contributed by atoms with Crippen LogP contribution >= 0.6 is 11.6 Å². The van der Waals surface area contributed by atoms with E-state index in [4.69, 9.17) is 16.3 Å². The predicted molar refractivity (Wildman–Crippen MR) is 118 cm³/mol. The number of piperazine rings is 1. The Kier molecular flexibility index (Phi) is 6.14. The summed E-state index contributed by atoms with van der Waals surface area (Å²) < 4.78 is 5.58. The molecule has 2 heterocycles. The molecule has 0 unspecified atom stereocenters.